The van der Waals surface area contributed by atoms with Crippen LogP contribution in [-0.4, -0.2) is 33.2 Å². The average Bonchev–Trinajstić information content (AvgIpc) is 3.22. The minimum Gasteiger partial charge on any atom is -0.382 e. The fourth-order valence-electron chi connectivity index (χ4n) is 3.73. The molecule has 0 atom stereocenters. The van der Waals surface area contributed by atoms with Crippen LogP contribution >= 0.6 is 0 Å². The number of benzene rings is 2. The number of aromatic nitrogens is 3. The third-order valence-corrected chi connectivity index (χ3v) is 5.10. The van der Waals surface area contributed by atoms with Crippen LogP contribution in [-0.2, 0) is 22.6 Å². The second kappa shape index (κ2) is 8.49. The monoisotopic (exact) mass is 390 g/mol. The van der Waals surface area contributed by atoms with Gasteiger partial charge in [0.1, 0.15) is 6.54 Å². The highest BCUT2D eigenvalue weighted by molar-refractivity contribution is 5.93. The number of amides is 1. The van der Waals surface area contributed by atoms with Crippen molar-refractivity contribution in [2.24, 2.45) is 0 Å². The summed E-state index contributed by atoms with van der Waals surface area (Å²) in [5.41, 5.74) is 4.01. The number of para-hydroxylation sites is 3. The number of aryl methyl sites for hydroxylation is 2. The Morgan fingerprint density at radius 1 is 1.07 bits per heavy atom. The minimum atomic E-state index is -0.0872. The fraction of sp³-hybridized carbons (Fsp3) is 0.304. The lowest BCUT2D eigenvalue weighted by molar-refractivity contribution is -0.116. The van der Waals surface area contributed by atoms with Crippen LogP contribution in [0.3, 0.4) is 0 Å². The minimum absolute atomic E-state index is 0.0872. The van der Waals surface area contributed by atoms with Gasteiger partial charge in [0.2, 0.25) is 11.9 Å². The Bertz CT molecular complexity index is 1140. The number of nitrogens with zero attached hydrogens (tertiary/aromatic N) is 3. The molecule has 6 heteroatoms. The Morgan fingerprint density at radius 2 is 1.83 bits per heavy atom. The van der Waals surface area contributed by atoms with Crippen molar-refractivity contribution in [3.8, 4) is 0 Å². The summed E-state index contributed by atoms with van der Waals surface area (Å²) in [5, 5.41) is 4.16. The van der Waals surface area contributed by atoms with Crippen LogP contribution in [0.25, 0.3) is 21.9 Å². The van der Waals surface area contributed by atoms with Crippen molar-refractivity contribution in [2.75, 3.05) is 18.5 Å². The van der Waals surface area contributed by atoms with E-state index in [0.717, 1.165) is 40.6 Å². The summed E-state index contributed by atoms with van der Waals surface area (Å²) in [5.74, 6) is 0.498. The first-order valence-electron chi connectivity index (χ1n) is 10.0. The normalized spacial score (nSPS) is 11.4. The van der Waals surface area contributed by atoms with Crippen molar-refractivity contribution in [3.05, 3.63) is 60.3 Å². The Hall–Kier alpha value is -3.12. The van der Waals surface area contributed by atoms with Crippen molar-refractivity contribution >= 4 is 33.8 Å². The van der Waals surface area contributed by atoms with Gasteiger partial charge in [-0.05, 0) is 49.9 Å². The van der Waals surface area contributed by atoms with Crippen molar-refractivity contribution in [3.63, 3.8) is 0 Å². The molecule has 0 saturated carbocycles. The Kier molecular flexibility index (Phi) is 5.62. The number of ether oxygens (including phenoxy) is 1. The van der Waals surface area contributed by atoms with Crippen LogP contribution in [0.5, 0.6) is 0 Å². The predicted molar refractivity (Wildman–Crippen MR) is 116 cm³/mol. The molecule has 4 aromatic rings. The van der Waals surface area contributed by atoms with E-state index in [2.05, 4.69) is 27.0 Å². The van der Waals surface area contributed by atoms with Gasteiger partial charge in [-0.1, -0.05) is 30.3 Å². The molecule has 0 saturated heterocycles. The van der Waals surface area contributed by atoms with Crippen LogP contribution in [0.1, 0.15) is 19.0 Å². The lowest BCUT2D eigenvalue weighted by Gasteiger charge is -2.12. The van der Waals surface area contributed by atoms with E-state index in [9.17, 15) is 4.79 Å². The maximum atomic E-state index is 12.9. The van der Waals surface area contributed by atoms with Gasteiger partial charge in [-0.3, -0.25) is 10.1 Å². The molecule has 29 heavy (non-hydrogen) atoms. The molecule has 0 radical (unpaired) electrons. The number of anilines is 1. The number of carbonyl (C=O) groups excluding carboxylic acids is 1. The third-order valence-electron chi connectivity index (χ3n) is 5.10. The second-order valence-corrected chi connectivity index (χ2v) is 7.11. The second-order valence-electron chi connectivity index (χ2n) is 7.11. The molecule has 0 aliphatic heterocycles. The molecule has 0 spiro atoms. The highest BCUT2D eigenvalue weighted by atomic mass is 16.5. The Labute approximate surface area is 170 Å². The lowest BCUT2D eigenvalue weighted by Crippen LogP contribution is -2.21. The van der Waals surface area contributed by atoms with E-state index in [1.54, 1.807) is 0 Å². The molecule has 0 aliphatic rings. The van der Waals surface area contributed by atoms with Gasteiger partial charge in [-0.2, -0.15) is 0 Å². The average molecular weight is 390 g/mol. The largest absolute Gasteiger partial charge is 0.382 e. The molecule has 0 unspecified atom stereocenters. The zero-order chi connectivity index (χ0) is 20.2. The van der Waals surface area contributed by atoms with E-state index in [1.165, 1.54) is 0 Å². The van der Waals surface area contributed by atoms with E-state index in [-0.39, 0.29) is 12.5 Å². The smallest absolute Gasteiger partial charge is 0.246 e. The van der Waals surface area contributed by atoms with E-state index in [1.807, 2.05) is 60.9 Å². The van der Waals surface area contributed by atoms with Gasteiger partial charge in [0, 0.05) is 31.0 Å². The first-order chi connectivity index (χ1) is 14.2. The van der Waals surface area contributed by atoms with E-state index < -0.39 is 0 Å². The third kappa shape index (κ3) is 4.03. The van der Waals surface area contributed by atoms with Crippen molar-refractivity contribution in [1.82, 2.24) is 14.1 Å². The van der Waals surface area contributed by atoms with Crippen LogP contribution in [0.2, 0.25) is 0 Å². The molecule has 150 valence electrons. The molecule has 1 amide bonds. The van der Waals surface area contributed by atoms with Gasteiger partial charge in [0.05, 0.1) is 11.0 Å². The molecule has 0 fully saturated rings. The fourth-order valence-corrected chi connectivity index (χ4v) is 3.73. The van der Waals surface area contributed by atoms with Gasteiger partial charge in [0.25, 0.3) is 0 Å². The zero-order valence-electron chi connectivity index (χ0n) is 16.9. The van der Waals surface area contributed by atoms with Crippen LogP contribution in [0.4, 0.5) is 5.95 Å². The summed E-state index contributed by atoms with van der Waals surface area (Å²) in [6.45, 7) is 6.40. The first-order valence-corrected chi connectivity index (χ1v) is 10.0. The maximum absolute atomic E-state index is 12.9. The predicted octanol–water partition coefficient (Wildman–Crippen LogP) is 4.36. The number of fused-ring (bicyclic) bond motifs is 2. The standard InChI is InChI=1S/C23H26N4O2/c1-3-29-14-8-13-26-21-12-7-5-10-19(21)24-23(26)25-22(28)16-27-17(2)15-18-9-4-6-11-20(18)27/h4-7,9-12,15H,3,8,13-14,16H2,1-2H3,(H,24,25,28). The zero-order valence-corrected chi connectivity index (χ0v) is 16.9. The number of hydrogen-bond acceptors (Lipinski definition) is 3. The highest BCUT2D eigenvalue weighted by Gasteiger charge is 2.15. The number of carbonyl (C=O) groups is 1. The molecular formula is C23H26N4O2. The molecule has 0 bridgehead atoms. The van der Waals surface area contributed by atoms with Gasteiger partial charge >= 0.3 is 0 Å². The summed E-state index contributed by atoms with van der Waals surface area (Å²) in [6, 6.07) is 18.2. The van der Waals surface area contributed by atoms with Crippen LogP contribution < -0.4 is 5.32 Å². The molecular weight excluding hydrogens is 364 g/mol. The topological polar surface area (TPSA) is 61.1 Å². The van der Waals surface area contributed by atoms with Crippen molar-refractivity contribution < 1.29 is 9.53 Å². The molecule has 6 nitrogen and oxygen atoms in total. The molecule has 0 aliphatic carbocycles. The number of imidazole rings is 1. The van der Waals surface area contributed by atoms with E-state index >= 15 is 0 Å². The number of rotatable bonds is 8. The summed E-state index contributed by atoms with van der Waals surface area (Å²) < 4.78 is 9.56. The first kappa shape index (κ1) is 19.2. The SMILES string of the molecule is CCOCCCn1c(NC(=O)Cn2c(C)cc3ccccc32)nc2ccccc21. The van der Waals surface area contributed by atoms with Crippen LogP contribution in [0.15, 0.2) is 54.6 Å². The van der Waals surface area contributed by atoms with Gasteiger partial charge < -0.3 is 13.9 Å². The van der Waals surface area contributed by atoms with Gasteiger partial charge in [-0.25, -0.2) is 4.98 Å². The molecule has 1 N–H and O–H groups in total. The summed E-state index contributed by atoms with van der Waals surface area (Å²) in [4.78, 5) is 17.5. The highest BCUT2D eigenvalue weighted by Crippen LogP contribution is 2.22. The number of nitrogens with one attached hydrogen (secondary N) is 1. The summed E-state index contributed by atoms with van der Waals surface area (Å²) in [7, 11) is 0. The molecule has 2 aromatic carbocycles. The molecule has 2 aromatic heterocycles. The molecule has 2 heterocycles. The number of hydrogen-bond donors (Lipinski definition) is 1. The van der Waals surface area contributed by atoms with Crippen molar-refractivity contribution in [2.45, 2.75) is 33.4 Å². The summed E-state index contributed by atoms with van der Waals surface area (Å²) >= 11 is 0. The van der Waals surface area contributed by atoms with E-state index in [0.29, 0.717) is 19.2 Å². The Morgan fingerprint density at radius 3 is 2.66 bits per heavy atom. The Balaban J connectivity index is 1.56. The van der Waals surface area contributed by atoms with Gasteiger partial charge in [-0.15, -0.1) is 0 Å². The van der Waals surface area contributed by atoms with Gasteiger partial charge in [0.15, 0.2) is 0 Å². The van der Waals surface area contributed by atoms with Crippen molar-refractivity contribution in [1.29, 1.82) is 0 Å². The van der Waals surface area contributed by atoms with Crippen LogP contribution in [0, 0.1) is 6.92 Å². The molecule has 4 rings (SSSR count). The summed E-state index contributed by atoms with van der Waals surface area (Å²) in [6.07, 6.45) is 0.860. The lowest BCUT2D eigenvalue weighted by atomic mass is 10.2. The maximum Gasteiger partial charge on any atom is 0.246 e. The quantitative estimate of drug-likeness (QED) is 0.455. The van der Waals surface area contributed by atoms with E-state index in [4.69, 9.17) is 4.74 Å².